The predicted molar refractivity (Wildman–Crippen MR) is 78.3 cm³/mol. The number of carbonyl (C=O) groups is 1. The van der Waals surface area contributed by atoms with E-state index in [1.54, 1.807) is 30.3 Å². The first kappa shape index (κ1) is 13.4. The minimum Gasteiger partial charge on any atom is -0.454 e. The molecule has 7 heteroatoms. The molecular weight excluding hydrogens is 301 g/mol. The number of hydrogen-bond donors (Lipinski definition) is 0. The lowest BCUT2D eigenvalue weighted by Crippen LogP contribution is -2.00. The molecule has 6 nitrogen and oxygen atoms in total. The molecule has 114 valence electrons. The van der Waals surface area contributed by atoms with Gasteiger partial charge in [-0.15, -0.1) is 5.10 Å². The number of halogens is 1. The highest BCUT2D eigenvalue weighted by molar-refractivity contribution is 5.84. The van der Waals surface area contributed by atoms with Crippen LogP contribution in [-0.2, 0) is 0 Å². The molecule has 1 aliphatic heterocycles. The number of hydrogen-bond acceptors (Lipinski definition) is 5. The zero-order valence-electron chi connectivity index (χ0n) is 11.8. The highest BCUT2D eigenvalue weighted by Crippen LogP contribution is 2.36. The molecule has 2 aromatic carbocycles. The molecule has 0 aliphatic carbocycles. The lowest BCUT2D eigenvalue weighted by atomic mass is 10.1. The van der Waals surface area contributed by atoms with E-state index in [0.717, 1.165) is 0 Å². The summed E-state index contributed by atoms with van der Waals surface area (Å²) in [7, 11) is 0. The summed E-state index contributed by atoms with van der Waals surface area (Å²) in [6.07, 6.45) is 0.632. The van der Waals surface area contributed by atoms with Gasteiger partial charge in [0.15, 0.2) is 23.5 Å². The van der Waals surface area contributed by atoms with Crippen molar-refractivity contribution in [3.05, 3.63) is 54.0 Å². The Morgan fingerprint density at radius 2 is 1.87 bits per heavy atom. The number of benzene rings is 2. The average molecular weight is 311 g/mol. The van der Waals surface area contributed by atoms with E-state index in [-0.39, 0.29) is 18.3 Å². The second kappa shape index (κ2) is 5.20. The minimum absolute atomic E-state index is 0.162. The van der Waals surface area contributed by atoms with Gasteiger partial charge >= 0.3 is 0 Å². The zero-order chi connectivity index (χ0) is 15.8. The van der Waals surface area contributed by atoms with E-state index >= 15 is 0 Å². The first-order valence-corrected chi connectivity index (χ1v) is 6.83. The average Bonchev–Trinajstić information content (AvgIpc) is 3.21. The maximum atomic E-state index is 13.1. The fraction of sp³-hybridized carbons (Fsp3) is 0.0625. The number of fused-ring (bicyclic) bond motifs is 1. The summed E-state index contributed by atoms with van der Waals surface area (Å²) < 4.78 is 25.2. The summed E-state index contributed by atoms with van der Waals surface area (Å²) in [6.45, 7) is 0.162. The zero-order valence-corrected chi connectivity index (χ0v) is 11.8. The van der Waals surface area contributed by atoms with Gasteiger partial charge in [0.05, 0.1) is 5.69 Å². The second-order valence-corrected chi connectivity index (χ2v) is 4.90. The first-order valence-electron chi connectivity index (χ1n) is 6.83. The third-order valence-electron chi connectivity index (χ3n) is 3.53. The van der Waals surface area contributed by atoms with Crippen LogP contribution in [0.5, 0.6) is 11.5 Å². The Bertz CT molecular complexity index is 890. The van der Waals surface area contributed by atoms with E-state index in [4.69, 9.17) is 9.47 Å². The maximum absolute atomic E-state index is 13.1. The quantitative estimate of drug-likeness (QED) is 0.696. The van der Waals surface area contributed by atoms with Crippen LogP contribution in [0.15, 0.2) is 42.5 Å². The van der Waals surface area contributed by atoms with E-state index in [1.807, 2.05) is 0 Å². The molecule has 1 aliphatic rings. The van der Waals surface area contributed by atoms with Gasteiger partial charge in [-0.3, -0.25) is 4.79 Å². The fourth-order valence-corrected chi connectivity index (χ4v) is 2.45. The van der Waals surface area contributed by atoms with Crippen molar-refractivity contribution in [3.63, 3.8) is 0 Å². The summed E-state index contributed by atoms with van der Waals surface area (Å²) in [5.41, 5.74) is 1.99. The molecule has 0 spiro atoms. The van der Waals surface area contributed by atoms with Gasteiger partial charge in [-0.25, -0.2) is 9.07 Å². The van der Waals surface area contributed by atoms with Crippen LogP contribution in [-0.4, -0.2) is 28.1 Å². The Morgan fingerprint density at radius 3 is 2.65 bits per heavy atom. The van der Waals surface area contributed by atoms with Gasteiger partial charge in [-0.1, -0.05) is 5.21 Å². The SMILES string of the molecule is O=Cc1nnn(-c2ccc(F)cc2)c1-c1ccc2c(c1)OCO2. The number of aromatic nitrogens is 3. The van der Waals surface area contributed by atoms with Crippen molar-refractivity contribution in [2.45, 2.75) is 0 Å². The Labute approximate surface area is 130 Å². The Morgan fingerprint density at radius 1 is 1.09 bits per heavy atom. The number of nitrogens with zero attached hydrogens (tertiary/aromatic N) is 3. The topological polar surface area (TPSA) is 66.2 Å². The molecule has 0 bridgehead atoms. The predicted octanol–water partition coefficient (Wildman–Crippen LogP) is 2.61. The lowest BCUT2D eigenvalue weighted by Gasteiger charge is -2.08. The van der Waals surface area contributed by atoms with Crippen LogP contribution in [0.25, 0.3) is 16.9 Å². The van der Waals surface area contributed by atoms with Crippen molar-refractivity contribution in [2.75, 3.05) is 6.79 Å². The van der Waals surface area contributed by atoms with E-state index in [9.17, 15) is 9.18 Å². The number of ether oxygens (including phenoxy) is 2. The highest BCUT2D eigenvalue weighted by Gasteiger charge is 2.20. The van der Waals surface area contributed by atoms with Crippen molar-refractivity contribution in [1.29, 1.82) is 0 Å². The Kier molecular flexibility index (Phi) is 3.04. The van der Waals surface area contributed by atoms with Crippen LogP contribution in [0, 0.1) is 5.82 Å². The molecule has 0 atom stereocenters. The highest BCUT2D eigenvalue weighted by atomic mass is 19.1. The van der Waals surface area contributed by atoms with Gasteiger partial charge in [0.25, 0.3) is 0 Å². The summed E-state index contributed by atoms with van der Waals surface area (Å²) >= 11 is 0. The molecule has 0 fully saturated rings. The molecule has 0 unspecified atom stereocenters. The summed E-state index contributed by atoms with van der Waals surface area (Å²) in [4.78, 5) is 11.3. The van der Waals surface area contributed by atoms with Gasteiger partial charge in [0, 0.05) is 5.56 Å². The standard InChI is InChI=1S/C16H10FN3O3/c17-11-2-4-12(5-3-11)20-16(13(8-21)18-19-20)10-1-6-14-15(7-10)23-9-22-14/h1-8H,9H2. The number of aldehydes is 1. The van der Waals surface area contributed by atoms with Crippen LogP contribution < -0.4 is 9.47 Å². The van der Waals surface area contributed by atoms with E-state index in [1.165, 1.54) is 16.8 Å². The van der Waals surface area contributed by atoms with Gasteiger partial charge in [0.1, 0.15) is 11.5 Å². The van der Waals surface area contributed by atoms with Crippen LogP contribution in [0.1, 0.15) is 10.5 Å². The summed E-state index contributed by atoms with van der Waals surface area (Å²) in [6, 6.07) is 11.1. The molecule has 4 rings (SSSR count). The fourth-order valence-electron chi connectivity index (χ4n) is 2.45. The summed E-state index contributed by atoms with van der Waals surface area (Å²) in [5, 5.41) is 7.88. The lowest BCUT2D eigenvalue weighted by molar-refractivity contribution is 0.111. The van der Waals surface area contributed by atoms with Crippen LogP contribution in [0.4, 0.5) is 4.39 Å². The van der Waals surface area contributed by atoms with Crippen LogP contribution >= 0.6 is 0 Å². The molecule has 0 saturated heterocycles. The molecular formula is C16H10FN3O3. The molecule has 0 radical (unpaired) electrons. The smallest absolute Gasteiger partial charge is 0.231 e. The van der Waals surface area contributed by atoms with Crippen molar-refractivity contribution in [1.82, 2.24) is 15.0 Å². The van der Waals surface area contributed by atoms with Crippen LogP contribution in [0.3, 0.4) is 0 Å². The first-order chi connectivity index (χ1) is 11.3. The third kappa shape index (κ3) is 2.22. The van der Waals surface area contributed by atoms with Crippen LogP contribution in [0.2, 0.25) is 0 Å². The summed E-state index contributed by atoms with van der Waals surface area (Å²) in [5.74, 6) is 0.877. The van der Waals surface area contributed by atoms with E-state index in [2.05, 4.69) is 10.3 Å². The molecule has 1 aromatic heterocycles. The molecule has 3 aromatic rings. The van der Waals surface area contributed by atoms with Crippen molar-refractivity contribution < 1.29 is 18.7 Å². The largest absolute Gasteiger partial charge is 0.454 e. The van der Waals surface area contributed by atoms with Crippen molar-refractivity contribution in [3.8, 4) is 28.4 Å². The Hall–Kier alpha value is -3.22. The number of rotatable bonds is 3. The normalized spacial score (nSPS) is 12.4. The number of carbonyl (C=O) groups excluding carboxylic acids is 1. The minimum atomic E-state index is -0.353. The van der Waals surface area contributed by atoms with Gasteiger partial charge < -0.3 is 9.47 Å². The maximum Gasteiger partial charge on any atom is 0.231 e. The van der Waals surface area contributed by atoms with E-state index in [0.29, 0.717) is 34.7 Å². The third-order valence-corrected chi connectivity index (χ3v) is 3.53. The molecule has 0 N–H and O–H groups in total. The monoisotopic (exact) mass is 311 g/mol. The van der Waals surface area contributed by atoms with E-state index < -0.39 is 0 Å². The molecule has 0 amide bonds. The molecule has 0 saturated carbocycles. The van der Waals surface area contributed by atoms with Gasteiger partial charge in [-0.2, -0.15) is 0 Å². The Balaban J connectivity index is 1.88. The van der Waals surface area contributed by atoms with Crippen molar-refractivity contribution >= 4 is 6.29 Å². The van der Waals surface area contributed by atoms with Gasteiger partial charge in [0.2, 0.25) is 6.79 Å². The second-order valence-electron chi connectivity index (χ2n) is 4.90. The van der Waals surface area contributed by atoms with Crippen molar-refractivity contribution in [2.24, 2.45) is 0 Å². The van der Waals surface area contributed by atoms with Gasteiger partial charge in [-0.05, 0) is 42.5 Å². The molecule has 23 heavy (non-hydrogen) atoms. The molecule has 2 heterocycles.